The molecule has 4 heterocycles. The first kappa shape index (κ1) is 19.5. The van der Waals surface area contributed by atoms with E-state index in [9.17, 15) is 4.79 Å². The summed E-state index contributed by atoms with van der Waals surface area (Å²) in [5, 5.41) is 4.08. The number of likely N-dealkylation sites (tertiary alicyclic amines) is 1. The van der Waals surface area contributed by atoms with E-state index in [1.54, 1.807) is 0 Å². The van der Waals surface area contributed by atoms with Gasteiger partial charge in [0.2, 0.25) is 0 Å². The highest BCUT2D eigenvalue weighted by molar-refractivity contribution is 5.92. The predicted molar refractivity (Wildman–Crippen MR) is 113 cm³/mol. The summed E-state index contributed by atoms with van der Waals surface area (Å²) in [6, 6.07) is 1.72. The van der Waals surface area contributed by atoms with Crippen molar-refractivity contribution in [3.05, 3.63) is 34.6 Å². The minimum atomic E-state index is -0.115. The van der Waals surface area contributed by atoms with E-state index in [0.717, 1.165) is 74.7 Å². The SMILES string of the molecule is CN1CCc2nc([C@H]3CCCCN3C(=O)c3cc(C4CC4)on3)nc(N(C)C)c2C1. The number of fused-ring (bicyclic) bond motifs is 1. The number of hydrogen-bond acceptors (Lipinski definition) is 7. The van der Waals surface area contributed by atoms with Gasteiger partial charge in [0.05, 0.1) is 11.7 Å². The van der Waals surface area contributed by atoms with Crippen molar-refractivity contribution in [3.8, 4) is 0 Å². The second kappa shape index (κ2) is 7.65. The number of likely N-dealkylation sites (N-methyl/N-ethyl adjacent to an activating group) is 1. The molecule has 2 aromatic heterocycles. The van der Waals surface area contributed by atoms with Crippen molar-refractivity contribution in [2.45, 2.75) is 57.0 Å². The Morgan fingerprint density at radius 3 is 2.77 bits per heavy atom. The molecule has 2 aliphatic heterocycles. The summed E-state index contributed by atoms with van der Waals surface area (Å²) in [6.45, 7) is 2.56. The molecule has 8 heteroatoms. The minimum absolute atomic E-state index is 0.0668. The van der Waals surface area contributed by atoms with Crippen molar-refractivity contribution >= 4 is 11.7 Å². The average molecular weight is 411 g/mol. The average Bonchev–Trinajstić information content (AvgIpc) is 3.49. The molecule has 2 fully saturated rings. The third-order valence-electron chi connectivity index (χ3n) is 6.46. The van der Waals surface area contributed by atoms with Crippen molar-refractivity contribution in [2.75, 3.05) is 39.1 Å². The highest BCUT2D eigenvalue weighted by Crippen LogP contribution is 2.40. The Kier molecular flexibility index (Phi) is 4.97. The maximum atomic E-state index is 13.3. The van der Waals surface area contributed by atoms with Crippen LogP contribution in [0, 0.1) is 0 Å². The molecule has 1 saturated heterocycles. The van der Waals surface area contributed by atoms with Gasteiger partial charge in [0.15, 0.2) is 11.5 Å². The van der Waals surface area contributed by atoms with E-state index in [4.69, 9.17) is 14.5 Å². The molecule has 1 saturated carbocycles. The van der Waals surface area contributed by atoms with Crippen LogP contribution < -0.4 is 4.90 Å². The first-order chi connectivity index (χ1) is 14.5. The van der Waals surface area contributed by atoms with E-state index in [2.05, 4.69) is 22.0 Å². The van der Waals surface area contributed by atoms with Crippen molar-refractivity contribution in [1.29, 1.82) is 0 Å². The van der Waals surface area contributed by atoms with Gasteiger partial charge in [0.1, 0.15) is 11.6 Å². The quantitative estimate of drug-likeness (QED) is 0.767. The smallest absolute Gasteiger partial charge is 0.276 e. The van der Waals surface area contributed by atoms with Gasteiger partial charge in [-0.2, -0.15) is 0 Å². The van der Waals surface area contributed by atoms with Gasteiger partial charge in [-0.15, -0.1) is 0 Å². The van der Waals surface area contributed by atoms with Crippen LogP contribution >= 0.6 is 0 Å². The van der Waals surface area contributed by atoms with Gasteiger partial charge < -0.3 is 19.2 Å². The molecule has 0 unspecified atom stereocenters. The first-order valence-corrected chi connectivity index (χ1v) is 11.0. The maximum Gasteiger partial charge on any atom is 0.276 e. The fourth-order valence-electron chi connectivity index (χ4n) is 4.61. The molecular weight excluding hydrogens is 380 g/mol. The van der Waals surface area contributed by atoms with Crippen molar-refractivity contribution in [3.63, 3.8) is 0 Å². The molecule has 0 spiro atoms. The molecule has 5 rings (SSSR count). The number of rotatable bonds is 4. The Bertz CT molecular complexity index is 951. The number of nitrogens with zero attached hydrogens (tertiary/aromatic N) is 6. The van der Waals surface area contributed by atoms with Crippen LogP contribution in [0.15, 0.2) is 10.6 Å². The zero-order valence-electron chi connectivity index (χ0n) is 18.1. The number of carbonyl (C=O) groups is 1. The molecule has 0 radical (unpaired) electrons. The fourth-order valence-corrected chi connectivity index (χ4v) is 4.61. The van der Waals surface area contributed by atoms with Crippen LogP contribution in [-0.2, 0) is 13.0 Å². The maximum absolute atomic E-state index is 13.3. The second-order valence-electron chi connectivity index (χ2n) is 9.11. The zero-order chi connectivity index (χ0) is 20.8. The predicted octanol–water partition coefficient (Wildman–Crippen LogP) is 2.76. The van der Waals surface area contributed by atoms with Gasteiger partial charge in [-0.3, -0.25) is 4.79 Å². The van der Waals surface area contributed by atoms with Gasteiger partial charge in [-0.05, 0) is 39.2 Å². The van der Waals surface area contributed by atoms with Gasteiger partial charge in [-0.25, -0.2) is 9.97 Å². The fraction of sp³-hybridized carbons (Fsp3) is 0.636. The molecule has 0 N–H and O–H groups in total. The van der Waals surface area contributed by atoms with Crippen molar-refractivity contribution < 1.29 is 9.32 Å². The van der Waals surface area contributed by atoms with E-state index in [1.165, 1.54) is 5.56 Å². The van der Waals surface area contributed by atoms with Crippen LogP contribution in [0.2, 0.25) is 0 Å². The van der Waals surface area contributed by atoms with Crippen LogP contribution in [0.3, 0.4) is 0 Å². The molecule has 3 aliphatic rings. The summed E-state index contributed by atoms with van der Waals surface area (Å²) in [7, 11) is 6.19. The van der Waals surface area contributed by atoms with Crippen LogP contribution in [0.5, 0.6) is 0 Å². The Morgan fingerprint density at radius 1 is 1.17 bits per heavy atom. The summed E-state index contributed by atoms with van der Waals surface area (Å²) >= 11 is 0. The molecule has 8 nitrogen and oxygen atoms in total. The lowest BCUT2D eigenvalue weighted by Crippen LogP contribution is -2.40. The number of anilines is 1. The van der Waals surface area contributed by atoms with E-state index >= 15 is 0 Å². The molecule has 30 heavy (non-hydrogen) atoms. The van der Waals surface area contributed by atoms with Gasteiger partial charge >= 0.3 is 0 Å². The molecule has 160 valence electrons. The number of hydrogen-bond donors (Lipinski definition) is 0. The van der Waals surface area contributed by atoms with Crippen LogP contribution in [-0.4, -0.2) is 65.1 Å². The zero-order valence-corrected chi connectivity index (χ0v) is 18.1. The Balaban J connectivity index is 1.47. The third kappa shape index (κ3) is 3.57. The van der Waals surface area contributed by atoms with E-state index in [-0.39, 0.29) is 11.9 Å². The van der Waals surface area contributed by atoms with Gasteiger partial charge in [0, 0.05) is 57.7 Å². The van der Waals surface area contributed by atoms with Crippen LogP contribution in [0.25, 0.3) is 0 Å². The van der Waals surface area contributed by atoms with Crippen molar-refractivity contribution in [1.82, 2.24) is 24.9 Å². The van der Waals surface area contributed by atoms with E-state index in [0.29, 0.717) is 18.2 Å². The number of aromatic nitrogens is 3. The summed E-state index contributed by atoms with van der Waals surface area (Å²) in [5.74, 6) is 2.96. The minimum Gasteiger partial charge on any atom is -0.362 e. The summed E-state index contributed by atoms with van der Waals surface area (Å²) < 4.78 is 5.44. The third-order valence-corrected chi connectivity index (χ3v) is 6.46. The Morgan fingerprint density at radius 2 is 2.00 bits per heavy atom. The lowest BCUT2D eigenvalue weighted by molar-refractivity contribution is 0.0588. The molecule has 2 aromatic rings. The highest BCUT2D eigenvalue weighted by atomic mass is 16.5. The Labute approximate surface area is 177 Å². The van der Waals surface area contributed by atoms with E-state index in [1.807, 2.05) is 25.1 Å². The van der Waals surface area contributed by atoms with Gasteiger partial charge in [0.25, 0.3) is 5.91 Å². The standard InChI is InChI=1S/C22H30N6O2/c1-26(2)21-15-13-27(3)11-9-16(15)23-20(24-21)18-6-4-5-10-28(18)22(29)17-12-19(30-25-17)14-7-8-14/h12,14,18H,4-11,13H2,1-3H3/t18-/m1/s1. The topological polar surface area (TPSA) is 78.6 Å². The molecular formula is C22H30N6O2. The molecule has 1 atom stereocenters. The van der Waals surface area contributed by atoms with Gasteiger partial charge in [-0.1, -0.05) is 5.16 Å². The molecule has 1 amide bonds. The number of amides is 1. The van der Waals surface area contributed by atoms with Crippen LogP contribution in [0.1, 0.15) is 77.4 Å². The van der Waals surface area contributed by atoms with Crippen LogP contribution in [0.4, 0.5) is 5.82 Å². The second-order valence-corrected chi connectivity index (χ2v) is 9.11. The van der Waals surface area contributed by atoms with Crippen molar-refractivity contribution in [2.24, 2.45) is 0 Å². The Hall–Kier alpha value is -2.48. The summed E-state index contributed by atoms with van der Waals surface area (Å²) in [5.41, 5.74) is 2.74. The molecule has 0 aromatic carbocycles. The number of piperidine rings is 1. The van der Waals surface area contributed by atoms with E-state index < -0.39 is 0 Å². The molecule has 0 bridgehead atoms. The highest BCUT2D eigenvalue weighted by Gasteiger charge is 2.35. The monoisotopic (exact) mass is 410 g/mol. The number of carbonyl (C=O) groups excluding carboxylic acids is 1. The normalized spacial score (nSPS) is 22.1. The lowest BCUT2D eigenvalue weighted by Gasteiger charge is -2.36. The molecule has 1 aliphatic carbocycles. The lowest BCUT2D eigenvalue weighted by atomic mass is 9.99. The summed E-state index contributed by atoms with van der Waals surface area (Å²) in [4.78, 5) is 29.5. The largest absolute Gasteiger partial charge is 0.362 e. The summed E-state index contributed by atoms with van der Waals surface area (Å²) in [6.07, 6.45) is 6.11. The first-order valence-electron chi connectivity index (χ1n) is 11.0.